The molecule has 0 aromatic carbocycles. The normalized spacial score (nSPS) is 20.7. The summed E-state index contributed by atoms with van der Waals surface area (Å²) in [5.74, 6) is 0.541. The van der Waals surface area contributed by atoms with Crippen LogP contribution in [0.1, 0.15) is 27.7 Å². The summed E-state index contributed by atoms with van der Waals surface area (Å²) in [7, 11) is 0. The van der Waals surface area contributed by atoms with Crippen molar-refractivity contribution in [3.05, 3.63) is 0 Å². The minimum atomic E-state index is -0.922. The molecule has 0 amide bonds. The number of aliphatic hydroxyl groups excluding tert-OH is 1. The van der Waals surface area contributed by atoms with Gasteiger partial charge in [-0.05, 0) is 18.8 Å². The summed E-state index contributed by atoms with van der Waals surface area (Å²) in [6, 6.07) is 0. The maximum atomic E-state index is 9.51. The van der Waals surface area contributed by atoms with Crippen LogP contribution in [-0.4, -0.2) is 22.4 Å². The summed E-state index contributed by atoms with van der Waals surface area (Å²) >= 11 is 0. The van der Waals surface area contributed by atoms with Crippen molar-refractivity contribution in [3.8, 4) is 0 Å². The van der Waals surface area contributed by atoms with E-state index in [-0.39, 0.29) is 12.5 Å². The fraction of sp³-hybridized carbons (Fsp3) is 1.00. The topological polar surface area (TPSA) is 40.5 Å². The van der Waals surface area contributed by atoms with Crippen molar-refractivity contribution in [2.75, 3.05) is 6.61 Å². The maximum absolute atomic E-state index is 9.51. The van der Waals surface area contributed by atoms with Crippen molar-refractivity contribution < 1.29 is 10.2 Å². The Labute approximate surface area is 62.9 Å². The molecule has 0 radical (unpaired) electrons. The van der Waals surface area contributed by atoms with Gasteiger partial charge in [0.05, 0.1) is 12.2 Å². The molecule has 2 atom stereocenters. The van der Waals surface area contributed by atoms with Crippen LogP contribution in [0.3, 0.4) is 0 Å². The molecule has 2 nitrogen and oxygen atoms in total. The molecule has 0 spiro atoms. The second-order valence-electron chi connectivity index (χ2n) is 3.55. The molecule has 2 unspecified atom stereocenters. The lowest BCUT2D eigenvalue weighted by molar-refractivity contribution is -0.0548. The van der Waals surface area contributed by atoms with Gasteiger partial charge in [-0.1, -0.05) is 20.8 Å². The second-order valence-corrected chi connectivity index (χ2v) is 3.55. The van der Waals surface area contributed by atoms with Crippen LogP contribution in [0, 0.1) is 11.8 Å². The molecule has 0 saturated heterocycles. The molecule has 2 heteroatoms. The Hall–Kier alpha value is -0.0800. The Morgan fingerprint density at radius 2 is 1.70 bits per heavy atom. The standard InChI is InChI=1S/C8H18O2/c1-6(2)7(3)8(4,10)5-9/h6-7,9-10H,5H2,1-4H3. The summed E-state index contributed by atoms with van der Waals surface area (Å²) in [5, 5.41) is 18.3. The Morgan fingerprint density at radius 1 is 1.30 bits per heavy atom. The SMILES string of the molecule is CC(C)C(C)C(C)(O)CO. The summed E-state index contributed by atoms with van der Waals surface area (Å²) in [6.45, 7) is 7.52. The molecule has 0 aliphatic rings. The lowest BCUT2D eigenvalue weighted by Crippen LogP contribution is -2.39. The number of rotatable bonds is 3. The first-order chi connectivity index (χ1) is 4.41. The van der Waals surface area contributed by atoms with Crippen LogP contribution in [0.15, 0.2) is 0 Å². The lowest BCUT2D eigenvalue weighted by Gasteiger charge is -2.30. The van der Waals surface area contributed by atoms with Crippen LogP contribution in [0.2, 0.25) is 0 Å². The zero-order valence-corrected chi connectivity index (χ0v) is 7.26. The average Bonchev–Trinajstić information content (AvgIpc) is 1.86. The average molecular weight is 146 g/mol. The van der Waals surface area contributed by atoms with Gasteiger partial charge in [-0.25, -0.2) is 0 Å². The highest BCUT2D eigenvalue weighted by Crippen LogP contribution is 2.23. The highest BCUT2D eigenvalue weighted by atomic mass is 16.3. The zero-order valence-electron chi connectivity index (χ0n) is 7.26. The highest BCUT2D eigenvalue weighted by molar-refractivity contribution is 4.79. The third-order valence-corrected chi connectivity index (χ3v) is 2.30. The van der Waals surface area contributed by atoms with Gasteiger partial charge < -0.3 is 10.2 Å². The van der Waals surface area contributed by atoms with Gasteiger partial charge >= 0.3 is 0 Å². The van der Waals surface area contributed by atoms with E-state index in [9.17, 15) is 5.11 Å². The van der Waals surface area contributed by atoms with Gasteiger partial charge in [0.1, 0.15) is 0 Å². The molecule has 0 aliphatic heterocycles. The monoisotopic (exact) mass is 146 g/mol. The van der Waals surface area contributed by atoms with E-state index in [1.54, 1.807) is 6.92 Å². The Kier molecular flexibility index (Phi) is 3.33. The third-order valence-electron chi connectivity index (χ3n) is 2.30. The minimum absolute atomic E-state index is 0.137. The molecule has 0 heterocycles. The van der Waals surface area contributed by atoms with E-state index in [0.29, 0.717) is 5.92 Å². The van der Waals surface area contributed by atoms with E-state index in [1.165, 1.54) is 0 Å². The van der Waals surface area contributed by atoms with Crippen molar-refractivity contribution in [1.82, 2.24) is 0 Å². The van der Waals surface area contributed by atoms with Gasteiger partial charge in [0, 0.05) is 0 Å². The van der Waals surface area contributed by atoms with Gasteiger partial charge in [-0.15, -0.1) is 0 Å². The van der Waals surface area contributed by atoms with Crippen molar-refractivity contribution >= 4 is 0 Å². The van der Waals surface area contributed by atoms with Crippen LogP contribution in [-0.2, 0) is 0 Å². The molecule has 0 fully saturated rings. The molecule has 10 heavy (non-hydrogen) atoms. The second kappa shape index (κ2) is 3.35. The van der Waals surface area contributed by atoms with E-state index in [1.807, 2.05) is 20.8 Å². The van der Waals surface area contributed by atoms with Gasteiger partial charge in [0.25, 0.3) is 0 Å². The van der Waals surface area contributed by atoms with Crippen LogP contribution in [0.25, 0.3) is 0 Å². The number of aliphatic hydroxyl groups is 2. The smallest absolute Gasteiger partial charge is 0.0877 e. The maximum Gasteiger partial charge on any atom is 0.0877 e. The zero-order chi connectivity index (χ0) is 8.36. The quantitative estimate of drug-likeness (QED) is 0.624. The predicted octanol–water partition coefficient (Wildman–Crippen LogP) is 1.02. The molecule has 0 aromatic heterocycles. The van der Waals surface area contributed by atoms with E-state index in [2.05, 4.69) is 0 Å². The predicted molar refractivity (Wildman–Crippen MR) is 41.7 cm³/mol. The van der Waals surface area contributed by atoms with Gasteiger partial charge in [0.2, 0.25) is 0 Å². The molecular weight excluding hydrogens is 128 g/mol. The highest BCUT2D eigenvalue weighted by Gasteiger charge is 2.29. The molecule has 0 aliphatic carbocycles. The van der Waals surface area contributed by atoms with Crippen LogP contribution in [0.5, 0.6) is 0 Å². The minimum Gasteiger partial charge on any atom is -0.393 e. The Bertz CT molecular complexity index is 97.4. The first-order valence-corrected chi connectivity index (χ1v) is 3.75. The molecule has 0 aromatic rings. The van der Waals surface area contributed by atoms with E-state index in [0.717, 1.165) is 0 Å². The lowest BCUT2D eigenvalue weighted by atomic mass is 9.83. The summed E-state index contributed by atoms with van der Waals surface area (Å²) in [4.78, 5) is 0. The van der Waals surface area contributed by atoms with Gasteiger partial charge in [0.15, 0.2) is 0 Å². The van der Waals surface area contributed by atoms with E-state index in [4.69, 9.17) is 5.11 Å². The number of hydrogen-bond donors (Lipinski definition) is 2. The molecular formula is C8H18O2. The van der Waals surface area contributed by atoms with E-state index >= 15 is 0 Å². The van der Waals surface area contributed by atoms with Crippen LogP contribution < -0.4 is 0 Å². The Morgan fingerprint density at radius 3 is 1.80 bits per heavy atom. The molecule has 0 saturated carbocycles. The van der Waals surface area contributed by atoms with E-state index < -0.39 is 5.60 Å². The van der Waals surface area contributed by atoms with Crippen molar-refractivity contribution in [2.45, 2.75) is 33.3 Å². The summed E-state index contributed by atoms with van der Waals surface area (Å²) < 4.78 is 0. The molecule has 62 valence electrons. The summed E-state index contributed by atoms with van der Waals surface area (Å²) in [5.41, 5.74) is -0.922. The van der Waals surface area contributed by atoms with Crippen LogP contribution in [0.4, 0.5) is 0 Å². The van der Waals surface area contributed by atoms with Crippen molar-refractivity contribution in [3.63, 3.8) is 0 Å². The Balaban J connectivity index is 4.03. The molecule has 0 rings (SSSR count). The van der Waals surface area contributed by atoms with Crippen molar-refractivity contribution in [2.24, 2.45) is 11.8 Å². The first kappa shape index (κ1) is 9.92. The fourth-order valence-corrected chi connectivity index (χ4v) is 0.862. The molecule has 0 bridgehead atoms. The largest absolute Gasteiger partial charge is 0.393 e. The first-order valence-electron chi connectivity index (χ1n) is 3.75. The fourth-order valence-electron chi connectivity index (χ4n) is 0.862. The van der Waals surface area contributed by atoms with Gasteiger partial charge in [-0.2, -0.15) is 0 Å². The van der Waals surface area contributed by atoms with Crippen LogP contribution >= 0.6 is 0 Å². The van der Waals surface area contributed by atoms with Crippen molar-refractivity contribution in [1.29, 1.82) is 0 Å². The number of hydrogen-bond acceptors (Lipinski definition) is 2. The third kappa shape index (κ3) is 2.27. The molecule has 2 N–H and O–H groups in total. The summed E-state index contributed by atoms with van der Waals surface area (Å²) in [6.07, 6.45) is 0. The van der Waals surface area contributed by atoms with Gasteiger partial charge in [-0.3, -0.25) is 0 Å².